The van der Waals surface area contributed by atoms with Crippen LogP contribution in [0.25, 0.3) is 11.0 Å². The van der Waals surface area contributed by atoms with E-state index in [0.29, 0.717) is 12.8 Å². The van der Waals surface area contributed by atoms with Crippen molar-refractivity contribution in [2.75, 3.05) is 31.0 Å². The first-order valence-corrected chi connectivity index (χ1v) is 15.3. The van der Waals surface area contributed by atoms with Crippen LogP contribution in [0.5, 0.6) is 0 Å². The zero-order valence-electron chi connectivity index (χ0n) is 24.0. The van der Waals surface area contributed by atoms with Crippen LogP contribution in [-0.2, 0) is 19.4 Å². The molecule has 0 saturated carbocycles. The minimum Gasteiger partial charge on any atom is -0.377 e. The quantitative estimate of drug-likeness (QED) is 0.398. The Balaban J connectivity index is 1.60. The molecule has 39 heavy (non-hydrogen) atoms. The van der Waals surface area contributed by atoms with Gasteiger partial charge in [-0.3, -0.25) is 14.8 Å². The summed E-state index contributed by atoms with van der Waals surface area (Å²) in [5.74, 6) is -0.0844. The molecule has 1 aliphatic heterocycles. The van der Waals surface area contributed by atoms with Crippen molar-refractivity contribution in [3.8, 4) is 0 Å². The molecule has 1 aromatic carbocycles. The van der Waals surface area contributed by atoms with E-state index in [-0.39, 0.29) is 40.9 Å². The number of hydrogen-bond acceptors (Lipinski definition) is 7. The van der Waals surface area contributed by atoms with Crippen LogP contribution in [0, 0.1) is 18.3 Å². The average molecular weight is 553 g/mol. The summed E-state index contributed by atoms with van der Waals surface area (Å²) in [6, 6.07) is 11.9. The highest BCUT2D eigenvalue weighted by molar-refractivity contribution is 7.91. The van der Waals surface area contributed by atoms with E-state index in [0.717, 1.165) is 39.2 Å². The lowest BCUT2D eigenvalue weighted by atomic mass is 9.80. The van der Waals surface area contributed by atoms with Crippen LogP contribution in [0.2, 0.25) is 0 Å². The Morgan fingerprint density at radius 2 is 1.74 bits per heavy atom. The summed E-state index contributed by atoms with van der Waals surface area (Å²) in [6.07, 6.45) is 2.40. The van der Waals surface area contributed by atoms with Gasteiger partial charge in [0.2, 0.25) is 5.91 Å². The number of carbonyl (C=O) groups is 1. The van der Waals surface area contributed by atoms with Crippen LogP contribution in [0.15, 0.2) is 42.6 Å². The van der Waals surface area contributed by atoms with Gasteiger partial charge in [-0.25, -0.2) is 8.42 Å². The number of ether oxygens (including phenoxy) is 1. The molecule has 0 unspecified atom stereocenters. The Hall–Kier alpha value is -3.04. The summed E-state index contributed by atoms with van der Waals surface area (Å²) < 4.78 is 29.4. The minimum atomic E-state index is -3.03. The van der Waals surface area contributed by atoms with E-state index >= 15 is 0 Å². The van der Waals surface area contributed by atoms with Crippen molar-refractivity contribution in [1.29, 1.82) is 0 Å². The third-order valence-electron chi connectivity index (χ3n) is 7.62. The van der Waals surface area contributed by atoms with E-state index in [4.69, 9.17) is 9.72 Å². The summed E-state index contributed by atoms with van der Waals surface area (Å²) in [5, 5.41) is 3.50. The number of nitrogens with zero attached hydrogens (tertiary/aromatic N) is 3. The van der Waals surface area contributed by atoms with Crippen LogP contribution in [-0.4, -0.2) is 54.9 Å². The van der Waals surface area contributed by atoms with Crippen LogP contribution in [0.1, 0.15) is 69.5 Å². The SMILES string of the molecule is CO[C@@H](C)c1c(Nc2ccc([C@H](N(C)C(=O)C3CCS(=O)(=O)CC3)C(C)(C)C)cc2)cnc2ccc(C)nc12. The summed E-state index contributed by atoms with van der Waals surface area (Å²) in [7, 11) is 0.492. The summed E-state index contributed by atoms with van der Waals surface area (Å²) in [5.41, 5.74) is 6.00. The van der Waals surface area contributed by atoms with Crippen molar-refractivity contribution >= 4 is 38.2 Å². The average Bonchev–Trinajstić information content (AvgIpc) is 2.88. The molecule has 8 nitrogen and oxygen atoms in total. The number of fused-ring (bicyclic) bond motifs is 1. The summed E-state index contributed by atoms with van der Waals surface area (Å²) in [4.78, 5) is 24.6. The predicted molar refractivity (Wildman–Crippen MR) is 156 cm³/mol. The maximum atomic E-state index is 13.4. The molecule has 1 aliphatic rings. The minimum absolute atomic E-state index is 0.00949. The number of amides is 1. The molecule has 210 valence electrons. The number of aryl methyl sites for hydroxylation is 1. The number of rotatable bonds is 7. The number of nitrogens with one attached hydrogen (secondary N) is 1. The van der Waals surface area contributed by atoms with Crippen LogP contribution >= 0.6 is 0 Å². The van der Waals surface area contributed by atoms with Gasteiger partial charge >= 0.3 is 0 Å². The van der Waals surface area contributed by atoms with Crippen molar-refractivity contribution < 1.29 is 17.9 Å². The van der Waals surface area contributed by atoms with E-state index < -0.39 is 9.84 Å². The van der Waals surface area contributed by atoms with Crippen LogP contribution in [0.3, 0.4) is 0 Å². The first-order valence-electron chi connectivity index (χ1n) is 13.4. The van der Waals surface area contributed by atoms with E-state index in [2.05, 4.69) is 31.1 Å². The van der Waals surface area contributed by atoms with Gasteiger partial charge in [0.1, 0.15) is 9.84 Å². The molecule has 4 rings (SSSR count). The highest BCUT2D eigenvalue weighted by Crippen LogP contribution is 2.40. The summed E-state index contributed by atoms with van der Waals surface area (Å²) in [6.45, 7) is 10.3. The van der Waals surface area contributed by atoms with Gasteiger partial charge in [0.05, 0.1) is 46.6 Å². The molecule has 0 spiro atoms. The monoisotopic (exact) mass is 552 g/mol. The molecule has 3 heterocycles. The second kappa shape index (κ2) is 11.2. The zero-order chi connectivity index (χ0) is 28.5. The molecule has 2 atom stereocenters. The maximum Gasteiger partial charge on any atom is 0.226 e. The van der Waals surface area contributed by atoms with Crippen LogP contribution in [0.4, 0.5) is 11.4 Å². The Morgan fingerprint density at radius 1 is 1.10 bits per heavy atom. The van der Waals surface area contributed by atoms with E-state index in [1.165, 1.54) is 0 Å². The zero-order valence-corrected chi connectivity index (χ0v) is 24.8. The molecule has 1 saturated heterocycles. The normalized spacial score (nSPS) is 17.5. The molecular formula is C30H40N4O4S. The molecule has 0 radical (unpaired) electrons. The molecule has 2 aromatic heterocycles. The Bertz CT molecular complexity index is 1430. The van der Waals surface area contributed by atoms with Gasteiger partial charge in [0.25, 0.3) is 0 Å². The van der Waals surface area contributed by atoms with Crippen molar-refractivity contribution in [2.45, 2.75) is 59.6 Å². The number of methoxy groups -OCH3 is 1. The number of pyridine rings is 2. The van der Waals surface area contributed by atoms with Gasteiger partial charge in [0, 0.05) is 37.0 Å². The molecule has 0 bridgehead atoms. The fourth-order valence-corrected chi connectivity index (χ4v) is 7.06. The second-order valence-corrected chi connectivity index (χ2v) is 14.0. The summed E-state index contributed by atoms with van der Waals surface area (Å²) >= 11 is 0. The van der Waals surface area contributed by atoms with Gasteiger partial charge < -0.3 is 15.0 Å². The van der Waals surface area contributed by atoms with Crippen LogP contribution < -0.4 is 5.32 Å². The largest absolute Gasteiger partial charge is 0.377 e. The fraction of sp³-hybridized carbons (Fsp3) is 0.500. The lowest BCUT2D eigenvalue weighted by Crippen LogP contribution is -2.43. The number of hydrogen-bond donors (Lipinski definition) is 1. The van der Waals surface area contributed by atoms with Gasteiger partial charge in [-0.2, -0.15) is 0 Å². The Morgan fingerprint density at radius 3 is 2.33 bits per heavy atom. The van der Waals surface area contributed by atoms with E-state index in [1.54, 1.807) is 7.11 Å². The first kappa shape index (κ1) is 29.0. The molecule has 9 heteroatoms. The van der Waals surface area contributed by atoms with E-state index in [1.807, 2.05) is 68.4 Å². The molecular weight excluding hydrogens is 512 g/mol. The number of carbonyl (C=O) groups excluding carboxylic acids is 1. The molecule has 0 aliphatic carbocycles. The van der Waals surface area contributed by atoms with Gasteiger partial charge in [-0.1, -0.05) is 32.9 Å². The number of sulfone groups is 1. The fourth-order valence-electron chi connectivity index (χ4n) is 5.57. The maximum absolute atomic E-state index is 13.4. The third kappa shape index (κ3) is 6.41. The van der Waals surface area contributed by atoms with Crippen molar-refractivity contribution in [3.63, 3.8) is 0 Å². The lowest BCUT2D eigenvalue weighted by molar-refractivity contribution is -0.139. The molecule has 1 N–H and O–H groups in total. The van der Waals surface area contributed by atoms with E-state index in [9.17, 15) is 13.2 Å². The van der Waals surface area contributed by atoms with Gasteiger partial charge in [-0.05, 0) is 61.9 Å². The lowest BCUT2D eigenvalue weighted by Gasteiger charge is -2.40. The molecule has 1 amide bonds. The third-order valence-corrected chi connectivity index (χ3v) is 9.33. The van der Waals surface area contributed by atoms with Gasteiger partial charge in [-0.15, -0.1) is 0 Å². The van der Waals surface area contributed by atoms with Crippen molar-refractivity contribution in [1.82, 2.24) is 14.9 Å². The Kier molecular flexibility index (Phi) is 8.33. The number of anilines is 2. The van der Waals surface area contributed by atoms with Crippen molar-refractivity contribution in [3.05, 3.63) is 59.4 Å². The van der Waals surface area contributed by atoms with Crippen molar-refractivity contribution in [2.24, 2.45) is 11.3 Å². The Labute approximate surface area is 232 Å². The molecule has 3 aromatic rings. The first-order chi connectivity index (χ1) is 18.3. The van der Waals surface area contributed by atoms with Gasteiger partial charge in [0.15, 0.2) is 0 Å². The highest BCUT2D eigenvalue weighted by atomic mass is 32.2. The second-order valence-electron chi connectivity index (χ2n) is 11.7. The predicted octanol–water partition coefficient (Wildman–Crippen LogP) is 5.76. The number of aromatic nitrogens is 2. The smallest absolute Gasteiger partial charge is 0.226 e. The molecule has 1 fully saturated rings. The standard InChI is InChI=1S/C30H40N4O4S/c1-19-8-13-24-27(32-19)26(20(2)38-7)25(18-31-24)33-23-11-9-21(10-12-23)28(30(3,4)5)34(6)29(35)22-14-16-39(36,37)17-15-22/h8-13,18,20,22,28,33H,14-17H2,1-7H3/t20-,28-/m0/s1. The number of benzene rings is 1. The highest BCUT2D eigenvalue weighted by Gasteiger charge is 2.37. The topological polar surface area (TPSA) is 101 Å².